The van der Waals surface area contributed by atoms with Crippen LogP contribution in [0.2, 0.25) is 0 Å². The van der Waals surface area contributed by atoms with E-state index in [1.807, 2.05) is 48.5 Å². The second kappa shape index (κ2) is 12.9. The van der Waals surface area contributed by atoms with E-state index >= 15 is 0 Å². The quantitative estimate of drug-likeness (QED) is 0.172. The molecule has 0 spiro atoms. The number of nitrogens with one attached hydrogen (secondary N) is 1. The highest BCUT2D eigenvalue weighted by molar-refractivity contribution is 9.10. The smallest absolute Gasteiger partial charge is 0.266 e. The average molecular weight is 545 g/mol. The molecule has 1 aliphatic rings. The lowest BCUT2D eigenvalue weighted by atomic mass is 9.84. The number of nitrogens with zero attached hydrogens (tertiary/aromatic N) is 1. The molecular weight excluding hydrogens is 516 g/mol. The largest absolute Gasteiger partial charge is 0.490 e. The Labute approximate surface area is 220 Å². The predicted octanol–water partition coefficient (Wildman–Crippen LogP) is 7.50. The first-order valence-electron chi connectivity index (χ1n) is 12.3. The lowest BCUT2D eigenvalue weighted by Gasteiger charge is -2.22. The third kappa shape index (κ3) is 7.22. The fourth-order valence-electron chi connectivity index (χ4n) is 4.37. The molecule has 1 saturated carbocycles. The minimum absolute atomic E-state index is 0.0175. The van der Waals surface area contributed by atoms with E-state index in [1.165, 1.54) is 43.7 Å². The van der Waals surface area contributed by atoms with Gasteiger partial charge in [-0.2, -0.15) is 5.26 Å². The normalized spacial score (nSPS) is 14.1. The zero-order chi connectivity index (χ0) is 25.2. The molecule has 36 heavy (non-hydrogen) atoms. The standard InChI is InChI=1S/C30H29BrN2O3/c31-26-13-16-29(24(20-26)19-25(21-32)30(34)33-27-9-5-2-6-10-27)36-18-17-35-28-14-11-23(12-15-28)22-7-3-1-4-8-22/h2,5-6,9-16,19-20,22H,1,3-4,7-8,17-18H2,(H,33,34). The minimum atomic E-state index is -0.477. The number of rotatable bonds is 9. The highest BCUT2D eigenvalue weighted by Gasteiger charge is 2.15. The number of anilines is 1. The van der Waals surface area contributed by atoms with Gasteiger partial charge in [0.2, 0.25) is 0 Å². The second-order valence-corrected chi connectivity index (χ2v) is 9.69. The van der Waals surface area contributed by atoms with Crippen LogP contribution in [0.5, 0.6) is 11.5 Å². The van der Waals surface area contributed by atoms with Crippen molar-refractivity contribution in [2.75, 3.05) is 18.5 Å². The number of hydrogen-bond donors (Lipinski definition) is 1. The molecule has 4 rings (SSSR count). The van der Waals surface area contributed by atoms with Gasteiger partial charge in [-0.25, -0.2) is 0 Å². The molecule has 0 aliphatic heterocycles. The molecule has 1 aliphatic carbocycles. The summed E-state index contributed by atoms with van der Waals surface area (Å²) in [6.07, 6.45) is 8.08. The molecule has 184 valence electrons. The molecule has 0 bridgehead atoms. The highest BCUT2D eigenvalue weighted by Crippen LogP contribution is 2.33. The molecule has 0 radical (unpaired) electrons. The monoisotopic (exact) mass is 544 g/mol. The van der Waals surface area contributed by atoms with Crippen molar-refractivity contribution in [1.82, 2.24) is 0 Å². The Morgan fingerprint density at radius 1 is 0.972 bits per heavy atom. The number of nitriles is 1. The van der Waals surface area contributed by atoms with E-state index in [1.54, 1.807) is 18.2 Å². The molecule has 5 nitrogen and oxygen atoms in total. The maximum absolute atomic E-state index is 12.6. The lowest BCUT2D eigenvalue weighted by Crippen LogP contribution is -2.13. The number of hydrogen-bond acceptors (Lipinski definition) is 4. The Morgan fingerprint density at radius 2 is 1.69 bits per heavy atom. The van der Waals surface area contributed by atoms with Crippen LogP contribution in [0.4, 0.5) is 5.69 Å². The van der Waals surface area contributed by atoms with Crippen molar-refractivity contribution in [3.63, 3.8) is 0 Å². The second-order valence-electron chi connectivity index (χ2n) is 8.77. The number of para-hydroxylation sites is 1. The van der Waals surface area contributed by atoms with Crippen molar-refractivity contribution in [2.45, 2.75) is 38.0 Å². The Kier molecular flexibility index (Phi) is 9.18. The SMILES string of the molecule is N#CC(=Cc1cc(Br)ccc1OCCOc1ccc(C2CCCCC2)cc1)C(=O)Nc1ccccc1. The van der Waals surface area contributed by atoms with Gasteiger partial charge in [-0.1, -0.05) is 65.5 Å². The van der Waals surface area contributed by atoms with Gasteiger partial charge in [-0.05, 0) is 72.9 Å². The maximum atomic E-state index is 12.6. The molecule has 0 aromatic heterocycles. The van der Waals surface area contributed by atoms with Gasteiger partial charge in [0.05, 0.1) is 0 Å². The van der Waals surface area contributed by atoms with Crippen LogP contribution < -0.4 is 14.8 Å². The van der Waals surface area contributed by atoms with E-state index in [-0.39, 0.29) is 5.57 Å². The number of benzene rings is 3. The summed E-state index contributed by atoms with van der Waals surface area (Å²) < 4.78 is 12.6. The van der Waals surface area contributed by atoms with Crippen LogP contribution in [0.15, 0.2) is 82.8 Å². The number of ether oxygens (including phenoxy) is 2. The van der Waals surface area contributed by atoms with Crippen LogP contribution in [0.25, 0.3) is 6.08 Å². The molecule has 0 atom stereocenters. The summed E-state index contributed by atoms with van der Waals surface area (Å²) in [5.74, 6) is 1.58. The topological polar surface area (TPSA) is 71.3 Å². The molecule has 0 heterocycles. The van der Waals surface area contributed by atoms with Crippen LogP contribution in [0.3, 0.4) is 0 Å². The molecule has 0 saturated heterocycles. The van der Waals surface area contributed by atoms with E-state index in [2.05, 4.69) is 33.4 Å². The van der Waals surface area contributed by atoms with Crippen LogP contribution in [0, 0.1) is 11.3 Å². The highest BCUT2D eigenvalue weighted by atomic mass is 79.9. The van der Waals surface area contributed by atoms with Crippen LogP contribution in [-0.2, 0) is 4.79 Å². The van der Waals surface area contributed by atoms with Crippen LogP contribution >= 0.6 is 15.9 Å². The van der Waals surface area contributed by atoms with Gasteiger partial charge in [-0.15, -0.1) is 0 Å². The Hall–Kier alpha value is -3.56. The summed E-state index contributed by atoms with van der Waals surface area (Å²) >= 11 is 3.45. The summed E-state index contributed by atoms with van der Waals surface area (Å²) in [6.45, 7) is 0.701. The van der Waals surface area contributed by atoms with E-state index < -0.39 is 5.91 Å². The molecule has 1 N–H and O–H groups in total. The van der Waals surface area contributed by atoms with Gasteiger partial charge >= 0.3 is 0 Å². The molecule has 1 amide bonds. The van der Waals surface area contributed by atoms with Gasteiger partial charge in [-0.3, -0.25) is 4.79 Å². The van der Waals surface area contributed by atoms with E-state index in [0.29, 0.717) is 36.1 Å². The van der Waals surface area contributed by atoms with E-state index in [0.717, 1.165) is 10.2 Å². The summed E-state index contributed by atoms with van der Waals surface area (Å²) in [6, 6.07) is 24.9. The Balaban J connectivity index is 1.35. The Morgan fingerprint density at radius 3 is 2.42 bits per heavy atom. The molecule has 3 aromatic carbocycles. The van der Waals surface area contributed by atoms with Gasteiger partial charge in [0.25, 0.3) is 5.91 Å². The summed E-state index contributed by atoms with van der Waals surface area (Å²) in [4.78, 5) is 12.6. The summed E-state index contributed by atoms with van der Waals surface area (Å²) in [5, 5.41) is 12.3. The first-order chi connectivity index (χ1) is 17.6. The summed E-state index contributed by atoms with van der Waals surface area (Å²) in [7, 11) is 0. The first-order valence-corrected chi connectivity index (χ1v) is 13.0. The number of amides is 1. The minimum Gasteiger partial charge on any atom is -0.490 e. The van der Waals surface area contributed by atoms with E-state index in [4.69, 9.17) is 9.47 Å². The molecule has 6 heteroatoms. The third-order valence-corrected chi connectivity index (χ3v) is 6.73. The zero-order valence-electron chi connectivity index (χ0n) is 20.1. The van der Waals surface area contributed by atoms with Crippen molar-refractivity contribution in [1.29, 1.82) is 5.26 Å². The van der Waals surface area contributed by atoms with Gasteiger partial charge in [0.1, 0.15) is 36.4 Å². The Bertz CT molecular complexity index is 1230. The molecule has 1 fully saturated rings. The maximum Gasteiger partial charge on any atom is 0.266 e. The van der Waals surface area contributed by atoms with Crippen molar-refractivity contribution < 1.29 is 14.3 Å². The molecular formula is C30H29BrN2O3. The average Bonchev–Trinajstić information content (AvgIpc) is 2.92. The van der Waals surface area contributed by atoms with Crippen molar-refractivity contribution in [3.05, 3.63) is 94.0 Å². The molecule has 3 aromatic rings. The number of carbonyl (C=O) groups excluding carboxylic acids is 1. The first kappa shape index (κ1) is 25.5. The van der Waals surface area contributed by atoms with Crippen molar-refractivity contribution in [3.8, 4) is 17.6 Å². The van der Waals surface area contributed by atoms with Gasteiger partial charge in [0.15, 0.2) is 0 Å². The zero-order valence-corrected chi connectivity index (χ0v) is 21.7. The van der Waals surface area contributed by atoms with Crippen LogP contribution in [-0.4, -0.2) is 19.1 Å². The lowest BCUT2D eigenvalue weighted by molar-refractivity contribution is -0.112. The fourth-order valence-corrected chi connectivity index (χ4v) is 4.75. The third-order valence-electron chi connectivity index (χ3n) is 6.23. The predicted molar refractivity (Wildman–Crippen MR) is 146 cm³/mol. The van der Waals surface area contributed by atoms with Crippen molar-refractivity contribution in [2.24, 2.45) is 0 Å². The number of carbonyl (C=O) groups is 1. The fraction of sp³-hybridized carbons (Fsp3) is 0.267. The van der Waals surface area contributed by atoms with E-state index in [9.17, 15) is 10.1 Å². The molecule has 0 unspecified atom stereocenters. The van der Waals surface area contributed by atoms with Crippen molar-refractivity contribution >= 4 is 33.6 Å². The summed E-state index contributed by atoms with van der Waals surface area (Å²) in [5.41, 5.74) is 2.63. The van der Waals surface area contributed by atoms with Crippen LogP contribution in [0.1, 0.15) is 49.1 Å². The van der Waals surface area contributed by atoms with Gasteiger partial charge < -0.3 is 14.8 Å². The van der Waals surface area contributed by atoms with Gasteiger partial charge in [0, 0.05) is 15.7 Å². The number of halogens is 1.